The van der Waals surface area contributed by atoms with Crippen LogP contribution in [0.2, 0.25) is 0 Å². The van der Waals surface area contributed by atoms with Crippen LogP contribution in [0.5, 0.6) is 0 Å². The summed E-state index contributed by atoms with van der Waals surface area (Å²) in [5.41, 5.74) is 6.40. The summed E-state index contributed by atoms with van der Waals surface area (Å²) in [5.74, 6) is -0.846. The van der Waals surface area contributed by atoms with Gasteiger partial charge in [0.15, 0.2) is 0 Å². The van der Waals surface area contributed by atoms with Crippen molar-refractivity contribution in [3.63, 3.8) is 0 Å². The molecule has 0 saturated carbocycles. The molecule has 170 valence electrons. The number of benzene rings is 4. The van der Waals surface area contributed by atoms with Crippen LogP contribution in [0.15, 0.2) is 103 Å². The molecule has 4 rings (SSSR count). The largest absolute Gasteiger partial charge is 0.447 e. The highest BCUT2D eigenvalue weighted by atomic mass is 16.5. The molecule has 4 aromatic carbocycles. The number of hydrogen-bond donors (Lipinski definition) is 1. The molecule has 0 aliphatic heterocycles. The lowest BCUT2D eigenvalue weighted by atomic mass is 10.0. The topological polar surface area (TPSA) is 55.4 Å². The Bertz CT molecular complexity index is 1250. The summed E-state index contributed by atoms with van der Waals surface area (Å²) >= 11 is 0. The first-order chi connectivity index (χ1) is 16.5. The minimum Gasteiger partial charge on any atom is -0.447 e. The fourth-order valence-corrected chi connectivity index (χ4v) is 3.94. The lowest BCUT2D eigenvalue weighted by Gasteiger charge is -2.18. The molecule has 0 heterocycles. The van der Waals surface area contributed by atoms with Crippen LogP contribution < -0.4 is 5.32 Å². The molecule has 34 heavy (non-hydrogen) atoms. The van der Waals surface area contributed by atoms with E-state index in [1.807, 2.05) is 105 Å². The Labute approximate surface area is 200 Å². The summed E-state index contributed by atoms with van der Waals surface area (Å²) in [4.78, 5) is 26.0. The van der Waals surface area contributed by atoms with Crippen LogP contribution in [0.3, 0.4) is 0 Å². The molecule has 1 N–H and O–H groups in total. The van der Waals surface area contributed by atoms with Gasteiger partial charge in [0.05, 0.1) is 6.42 Å². The molecule has 0 unspecified atom stereocenters. The predicted octanol–water partition coefficient (Wildman–Crippen LogP) is 6.44. The Morgan fingerprint density at radius 3 is 1.91 bits per heavy atom. The summed E-state index contributed by atoms with van der Waals surface area (Å²) in [6.45, 7) is 3.95. The third kappa shape index (κ3) is 5.99. The maximum Gasteiger partial charge on any atom is 0.311 e. The van der Waals surface area contributed by atoms with Gasteiger partial charge in [0, 0.05) is 11.3 Å². The van der Waals surface area contributed by atoms with Crippen molar-refractivity contribution >= 4 is 17.6 Å². The first-order valence-corrected chi connectivity index (χ1v) is 11.3. The second kappa shape index (κ2) is 10.6. The quantitative estimate of drug-likeness (QED) is 0.331. The zero-order valence-corrected chi connectivity index (χ0v) is 19.3. The van der Waals surface area contributed by atoms with Crippen LogP contribution >= 0.6 is 0 Å². The van der Waals surface area contributed by atoms with Crippen LogP contribution in [-0.2, 0) is 20.7 Å². The van der Waals surface area contributed by atoms with Crippen molar-refractivity contribution in [3.8, 4) is 11.1 Å². The summed E-state index contributed by atoms with van der Waals surface area (Å²) < 4.78 is 5.70. The molecule has 1 amide bonds. The summed E-state index contributed by atoms with van der Waals surface area (Å²) in [7, 11) is 0. The Kier molecular flexibility index (Phi) is 7.19. The van der Waals surface area contributed by atoms with Gasteiger partial charge < -0.3 is 10.1 Å². The first kappa shape index (κ1) is 23.0. The van der Waals surface area contributed by atoms with E-state index in [1.165, 1.54) is 0 Å². The molecule has 0 saturated heterocycles. The summed E-state index contributed by atoms with van der Waals surface area (Å²) in [6.07, 6.45) is -0.965. The van der Waals surface area contributed by atoms with Gasteiger partial charge in [-0.3, -0.25) is 9.59 Å². The molecule has 0 fully saturated rings. The van der Waals surface area contributed by atoms with Gasteiger partial charge in [0.25, 0.3) is 5.91 Å². The second-order valence-corrected chi connectivity index (χ2v) is 8.39. The van der Waals surface area contributed by atoms with Gasteiger partial charge in [-0.05, 0) is 53.8 Å². The standard InChI is InChI=1S/C30H27NO3/c1-21-17-22(2)19-27(18-21)31-30(33)29(26-11-7-4-8-12-26)34-28(32)20-23-13-15-25(16-14-23)24-9-5-3-6-10-24/h3-19,29H,20H2,1-2H3,(H,31,33)/t29-/m0/s1. The second-order valence-electron chi connectivity index (χ2n) is 8.39. The van der Waals surface area contributed by atoms with Crippen LogP contribution in [-0.4, -0.2) is 11.9 Å². The van der Waals surface area contributed by atoms with Crippen molar-refractivity contribution in [1.82, 2.24) is 0 Å². The smallest absolute Gasteiger partial charge is 0.311 e. The zero-order chi connectivity index (χ0) is 23.9. The first-order valence-electron chi connectivity index (χ1n) is 11.3. The van der Waals surface area contributed by atoms with E-state index in [9.17, 15) is 9.59 Å². The van der Waals surface area contributed by atoms with E-state index >= 15 is 0 Å². The lowest BCUT2D eigenvalue weighted by Crippen LogP contribution is -2.26. The number of carbonyl (C=O) groups excluding carboxylic acids is 2. The Balaban J connectivity index is 1.48. The van der Waals surface area contributed by atoms with Gasteiger partial charge in [0.1, 0.15) is 0 Å². The number of amides is 1. The average molecular weight is 450 g/mol. The molecule has 0 spiro atoms. The number of ether oxygens (including phenoxy) is 1. The number of anilines is 1. The molecule has 0 aromatic heterocycles. The average Bonchev–Trinajstić information content (AvgIpc) is 2.83. The van der Waals surface area contributed by atoms with Crippen LogP contribution in [0.4, 0.5) is 5.69 Å². The lowest BCUT2D eigenvalue weighted by molar-refractivity contribution is -0.154. The molecule has 4 aromatic rings. The third-order valence-electron chi connectivity index (χ3n) is 5.49. The summed E-state index contributed by atoms with van der Waals surface area (Å²) in [6, 6.07) is 32.7. The maximum absolute atomic E-state index is 13.1. The zero-order valence-electron chi connectivity index (χ0n) is 19.3. The number of aryl methyl sites for hydroxylation is 2. The predicted molar refractivity (Wildman–Crippen MR) is 135 cm³/mol. The van der Waals surface area contributed by atoms with E-state index in [0.29, 0.717) is 11.3 Å². The SMILES string of the molecule is Cc1cc(C)cc(NC(=O)[C@@H](OC(=O)Cc2ccc(-c3ccccc3)cc2)c2ccccc2)c1. The minimum absolute atomic E-state index is 0.0786. The van der Waals surface area contributed by atoms with Crippen LogP contribution in [0.1, 0.15) is 28.4 Å². The molecule has 0 radical (unpaired) electrons. The van der Waals surface area contributed by atoms with Crippen molar-refractivity contribution in [2.45, 2.75) is 26.4 Å². The van der Waals surface area contributed by atoms with Gasteiger partial charge in [-0.25, -0.2) is 0 Å². The Hall–Kier alpha value is -4.18. The van der Waals surface area contributed by atoms with Gasteiger partial charge in [-0.15, -0.1) is 0 Å². The highest BCUT2D eigenvalue weighted by molar-refractivity contribution is 5.96. The highest BCUT2D eigenvalue weighted by Gasteiger charge is 2.25. The molecule has 1 atom stereocenters. The molecular weight excluding hydrogens is 422 g/mol. The van der Waals surface area contributed by atoms with Gasteiger partial charge in [-0.1, -0.05) is 91.0 Å². The van der Waals surface area contributed by atoms with E-state index in [1.54, 1.807) is 12.1 Å². The third-order valence-corrected chi connectivity index (χ3v) is 5.49. The van der Waals surface area contributed by atoms with E-state index < -0.39 is 12.1 Å². The molecule has 4 nitrogen and oxygen atoms in total. The highest BCUT2D eigenvalue weighted by Crippen LogP contribution is 2.23. The van der Waals surface area contributed by atoms with Crippen molar-refractivity contribution in [2.75, 3.05) is 5.32 Å². The van der Waals surface area contributed by atoms with Crippen molar-refractivity contribution in [2.24, 2.45) is 0 Å². The summed E-state index contributed by atoms with van der Waals surface area (Å²) in [5, 5.41) is 2.90. The number of esters is 1. The van der Waals surface area contributed by atoms with Crippen molar-refractivity contribution < 1.29 is 14.3 Å². The van der Waals surface area contributed by atoms with Gasteiger partial charge in [0.2, 0.25) is 6.10 Å². The number of nitrogens with one attached hydrogen (secondary N) is 1. The fraction of sp³-hybridized carbons (Fsp3) is 0.133. The van der Waals surface area contributed by atoms with Crippen molar-refractivity contribution in [1.29, 1.82) is 0 Å². The van der Waals surface area contributed by atoms with E-state index in [2.05, 4.69) is 5.32 Å². The molecule has 0 bridgehead atoms. The van der Waals surface area contributed by atoms with E-state index in [-0.39, 0.29) is 12.3 Å². The number of hydrogen-bond acceptors (Lipinski definition) is 3. The molecule has 0 aliphatic rings. The normalized spacial score (nSPS) is 11.5. The molecule has 4 heteroatoms. The molecular formula is C30H27NO3. The Morgan fingerprint density at radius 2 is 1.29 bits per heavy atom. The van der Waals surface area contributed by atoms with E-state index in [0.717, 1.165) is 27.8 Å². The Morgan fingerprint density at radius 1 is 0.735 bits per heavy atom. The number of rotatable bonds is 7. The fourth-order valence-electron chi connectivity index (χ4n) is 3.94. The van der Waals surface area contributed by atoms with Gasteiger partial charge in [-0.2, -0.15) is 0 Å². The van der Waals surface area contributed by atoms with E-state index in [4.69, 9.17) is 4.74 Å². The van der Waals surface area contributed by atoms with Crippen LogP contribution in [0, 0.1) is 13.8 Å². The van der Waals surface area contributed by atoms with Crippen LogP contribution in [0.25, 0.3) is 11.1 Å². The number of carbonyl (C=O) groups is 2. The monoisotopic (exact) mass is 449 g/mol. The maximum atomic E-state index is 13.1. The van der Waals surface area contributed by atoms with Crippen molar-refractivity contribution in [3.05, 3.63) is 125 Å². The van der Waals surface area contributed by atoms with Gasteiger partial charge >= 0.3 is 5.97 Å². The minimum atomic E-state index is -1.04. The molecule has 0 aliphatic carbocycles.